The highest BCUT2D eigenvalue weighted by Gasteiger charge is 2.15. The second-order valence-electron chi connectivity index (χ2n) is 3.46. The molecular weight excluding hydrogens is 212 g/mol. The van der Waals surface area contributed by atoms with Crippen LogP contribution in [0.2, 0.25) is 0 Å². The fourth-order valence-electron chi connectivity index (χ4n) is 1.19. The SMILES string of the molecule is CCOCCc1nnnn1CC(C)C(=O)O. The fraction of sp³-hybridized carbons (Fsp3) is 0.778. The second kappa shape index (κ2) is 6.16. The van der Waals surface area contributed by atoms with Gasteiger partial charge in [-0.1, -0.05) is 6.92 Å². The summed E-state index contributed by atoms with van der Waals surface area (Å²) in [4.78, 5) is 10.7. The van der Waals surface area contributed by atoms with E-state index in [9.17, 15) is 4.79 Å². The third kappa shape index (κ3) is 3.58. The summed E-state index contributed by atoms with van der Waals surface area (Å²) in [5.41, 5.74) is 0. The van der Waals surface area contributed by atoms with E-state index in [1.54, 1.807) is 6.92 Å². The first-order valence-electron chi connectivity index (χ1n) is 5.20. The molecule has 7 nitrogen and oxygen atoms in total. The van der Waals surface area contributed by atoms with Crippen molar-refractivity contribution in [2.45, 2.75) is 26.8 Å². The number of tetrazole rings is 1. The Morgan fingerprint density at radius 2 is 2.38 bits per heavy atom. The van der Waals surface area contributed by atoms with Gasteiger partial charge >= 0.3 is 5.97 Å². The Balaban J connectivity index is 2.53. The van der Waals surface area contributed by atoms with Gasteiger partial charge in [-0.2, -0.15) is 0 Å². The zero-order chi connectivity index (χ0) is 12.0. The molecule has 0 fully saturated rings. The van der Waals surface area contributed by atoms with Crippen LogP contribution in [0.15, 0.2) is 0 Å². The number of rotatable bonds is 7. The smallest absolute Gasteiger partial charge is 0.308 e. The Kier molecular flexibility index (Phi) is 4.84. The lowest BCUT2D eigenvalue weighted by atomic mass is 10.2. The maximum absolute atomic E-state index is 10.7. The maximum atomic E-state index is 10.7. The molecule has 16 heavy (non-hydrogen) atoms. The van der Waals surface area contributed by atoms with E-state index in [0.717, 1.165) is 0 Å². The van der Waals surface area contributed by atoms with Gasteiger partial charge in [0.1, 0.15) is 0 Å². The molecule has 0 aliphatic carbocycles. The minimum Gasteiger partial charge on any atom is -0.481 e. The molecule has 0 radical (unpaired) electrons. The molecule has 1 aromatic heterocycles. The Morgan fingerprint density at radius 3 is 3.00 bits per heavy atom. The van der Waals surface area contributed by atoms with Gasteiger partial charge in [-0.05, 0) is 17.4 Å². The van der Waals surface area contributed by atoms with Gasteiger partial charge < -0.3 is 9.84 Å². The first-order valence-corrected chi connectivity index (χ1v) is 5.20. The summed E-state index contributed by atoms with van der Waals surface area (Å²) in [6.45, 7) is 5.00. The highest BCUT2D eigenvalue weighted by molar-refractivity contribution is 5.69. The first kappa shape index (κ1) is 12.6. The van der Waals surface area contributed by atoms with Crippen LogP contribution in [-0.4, -0.2) is 44.5 Å². The number of aliphatic carboxylic acids is 1. The van der Waals surface area contributed by atoms with E-state index in [2.05, 4.69) is 15.5 Å². The summed E-state index contributed by atoms with van der Waals surface area (Å²) < 4.78 is 6.70. The molecule has 0 amide bonds. The van der Waals surface area contributed by atoms with Crippen molar-refractivity contribution in [2.75, 3.05) is 13.2 Å². The number of carbonyl (C=O) groups is 1. The molecular formula is C9H16N4O3. The molecule has 0 saturated heterocycles. The zero-order valence-electron chi connectivity index (χ0n) is 9.46. The van der Waals surface area contributed by atoms with Crippen LogP contribution in [0.3, 0.4) is 0 Å². The van der Waals surface area contributed by atoms with Gasteiger partial charge in [0.25, 0.3) is 0 Å². The van der Waals surface area contributed by atoms with Crippen molar-refractivity contribution in [3.05, 3.63) is 5.82 Å². The number of ether oxygens (including phenoxy) is 1. The van der Waals surface area contributed by atoms with Crippen molar-refractivity contribution in [3.8, 4) is 0 Å². The molecule has 1 unspecified atom stereocenters. The number of carboxylic acid groups (broad SMARTS) is 1. The van der Waals surface area contributed by atoms with Gasteiger partial charge in [-0.15, -0.1) is 5.10 Å². The summed E-state index contributed by atoms with van der Waals surface area (Å²) in [6.07, 6.45) is 0.590. The van der Waals surface area contributed by atoms with Crippen LogP contribution in [-0.2, 0) is 22.5 Å². The summed E-state index contributed by atoms with van der Waals surface area (Å²) >= 11 is 0. The summed E-state index contributed by atoms with van der Waals surface area (Å²) in [5, 5.41) is 19.9. The van der Waals surface area contributed by atoms with E-state index in [0.29, 0.717) is 25.5 Å². The Morgan fingerprint density at radius 1 is 1.62 bits per heavy atom. The number of aromatic nitrogens is 4. The van der Waals surface area contributed by atoms with Gasteiger partial charge in [-0.25, -0.2) is 4.68 Å². The molecule has 1 aromatic rings. The number of nitrogens with zero attached hydrogens (tertiary/aromatic N) is 4. The lowest BCUT2D eigenvalue weighted by Crippen LogP contribution is -2.19. The van der Waals surface area contributed by atoms with Crippen molar-refractivity contribution in [1.82, 2.24) is 20.2 Å². The van der Waals surface area contributed by atoms with E-state index in [1.807, 2.05) is 6.92 Å². The van der Waals surface area contributed by atoms with Crippen LogP contribution in [0, 0.1) is 5.92 Å². The van der Waals surface area contributed by atoms with Crippen LogP contribution in [0.4, 0.5) is 0 Å². The molecule has 90 valence electrons. The summed E-state index contributed by atoms with van der Waals surface area (Å²) in [6, 6.07) is 0. The van der Waals surface area contributed by atoms with E-state index in [1.165, 1.54) is 4.68 Å². The van der Waals surface area contributed by atoms with E-state index < -0.39 is 11.9 Å². The fourth-order valence-corrected chi connectivity index (χ4v) is 1.19. The third-order valence-corrected chi connectivity index (χ3v) is 2.15. The van der Waals surface area contributed by atoms with Crippen LogP contribution in [0.1, 0.15) is 19.7 Å². The van der Waals surface area contributed by atoms with Gasteiger partial charge in [0, 0.05) is 13.0 Å². The van der Waals surface area contributed by atoms with Gasteiger partial charge in [0.2, 0.25) is 0 Å². The Bertz CT molecular complexity index is 339. The first-order chi connectivity index (χ1) is 7.65. The van der Waals surface area contributed by atoms with Gasteiger partial charge in [0.05, 0.1) is 19.1 Å². The minimum absolute atomic E-state index is 0.282. The largest absolute Gasteiger partial charge is 0.481 e. The van der Waals surface area contributed by atoms with Crippen LogP contribution < -0.4 is 0 Å². The predicted molar refractivity (Wildman–Crippen MR) is 54.8 cm³/mol. The monoisotopic (exact) mass is 228 g/mol. The van der Waals surface area contributed by atoms with Crippen molar-refractivity contribution in [2.24, 2.45) is 5.92 Å². The zero-order valence-corrected chi connectivity index (χ0v) is 9.46. The Labute approximate surface area is 93.4 Å². The minimum atomic E-state index is -0.855. The molecule has 0 aliphatic rings. The van der Waals surface area contributed by atoms with Gasteiger partial charge in [-0.3, -0.25) is 4.79 Å². The number of hydrogen-bond acceptors (Lipinski definition) is 5. The van der Waals surface area contributed by atoms with E-state index in [4.69, 9.17) is 9.84 Å². The van der Waals surface area contributed by atoms with Crippen molar-refractivity contribution in [3.63, 3.8) is 0 Å². The molecule has 0 aliphatic heterocycles. The topological polar surface area (TPSA) is 90.1 Å². The predicted octanol–water partition coefficient (Wildman–Crippen LogP) is -0.0272. The molecule has 1 rings (SSSR count). The highest BCUT2D eigenvalue weighted by Crippen LogP contribution is 2.02. The van der Waals surface area contributed by atoms with Crippen molar-refractivity contribution in [1.29, 1.82) is 0 Å². The third-order valence-electron chi connectivity index (χ3n) is 2.15. The standard InChI is InChI=1S/C9H16N4O3/c1-3-16-5-4-8-10-11-12-13(8)6-7(2)9(14)15/h7H,3-6H2,1-2H3,(H,14,15). The maximum Gasteiger partial charge on any atom is 0.308 e. The molecule has 1 N–H and O–H groups in total. The van der Waals surface area contributed by atoms with Crippen LogP contribution >= 0.6 is 0 Å². The number of hydrogen-bond donors (Lipinski definition) is 1. The summed E-state index contributed by atoms with van der Waals surface area (Å²) in [7, 11) is 0. The average Bonchev–Trinajstić information content (AvgIpc) is 2.66. The summed E-state index contributed by atoms with van der Waals surface area (Å²) in [5.74, 6) is -0.706. The molecule has 7 heteroatoms. The Hall–Kier alpha value is -1.50. The second-order valence-corrected chi connectivity index (χ2v) is 3.46. The van der Waals surface area contributed by atoms with Gasteiger partial charge in [0.15, 0.2) is 5.82 Å². The quantitative estimate of drug-likeness (QED) is 0.659. The lowest BCUT2D eigenvalue weighted by molar-refractivity contribution is -0.141. The molecule has 1 heterocycles. The van der Waals surface area contributed by atoms with E-state index in [-0.39, 0.29) is 6.54 Å². The number of carboxylic acids is 1. The average molecular weight is 228 g/mol. The molecule has 0 aromatic carbocycles. The molecule has 0 bridgehead atoms. The lowest BCUT2D eigenvalue weighted by Gasteiger charge is -2.07. The highest BCUT2D eigenvalue weighted by atomic mass is 16.5. The molecule has 0 saturated carbocycles. The normalized spacial score (nSPS) is 12.6. The van der Waals surface area contributed by atoms with E-state index >= 15 is 0 Å². The molecule has 0 spiro atoms. The molecule has 1 atom stereocenters. The van der Waals surface area contributed by atoms with Crippen molar-refractivity contribution < 1.29 is 14.6 Å². The van der Waals surface area contributed by atoms with Crippen LogP contribution in [0.25, 0.3) is 0 Å². The van der Waals surface area contributed by atoms with Crippen LogP contribution in [0.5, 0.6) is 0 Å². The van der Waals surface area contributed by atoms with Crippen molar-refractivity contribution >= 4 is 5.97 Å².